The number of carboxylic acid groups (broad SMARTS) is 1. The lowest BCUT2D eigenvalue weighted by Crippen LogP contribution is -2.26. The van der Waals surface area contributed by atoms with Gasteiger partial charge in [0.1, 0.15) is 17.5 Å². The van der Waals surface area contributed by atoms with Crippen molar-refractivity contribution < 1.29 is 14.6 Å². The smallest absolute Gasteiger partial charge is 0.341 e. The average Bonchev–Trinajstić information content (AvgIpc) is 3.37. The number of nitrogens with one attached hydrogen (secondary N) is 1. The Bertz CT molecular complexity index is 1140. The zero-order chi connectivity index (χ0) is 19.8. The van der Waals surface area contributed by atoms with Crippen LogP contribution in [0.25, 0.3) is 16.2 Å². The summed E-state index contributed by atoms with van der Waals surface area (Å²) in [7, 11) is 3.46. The highest BCUT2D eigenvalue weighted by molar-refractivity contribution is 7.12. The minimum Gasteiger partial charge on any atom is -0.477 e. The number of hydrogen-bond acceptors (Lipinski definition) is 8. The molecule has 0 aromatic carbocycles. The number of aromatic carboxylic acids is 1. The van der Waals surface area contributed by atoms with Crippen LogP contribution in [0.1, 0.15) is 10.4 Å². The molecule has 2 N–H and O–H groups in total. The molecule has 1 aliphatic heterocycles. The molecule has 4 heterocycles. The third-order valence-electron chi connectivity index (χ3n) is 4.56. The van der Waals surface area contributed by atoms with Crippen LogP contribution in [-0.2, 0) is 4.74 Å². The van der Waals surface area contributed by atoms with Crippen molar-refractivity contribution >= 4 is 34.2 Å². The molecule has 9 nitrogen and oxygen atoms in total. The molecule has 10 heteroatoms. The Labute approximate surface area is 163 Å². The highest BCUT2D eigenvalue weighted by atomic mass is 32.1. The first kappa shape index (κ1) is 18.1. The maximum Gasteiger partial charge on any atom is 0.341 e. The Balaban J connectivity index is 1.91. The van der Waals surface area contributed by atoms with Crippen LogP contribution >= 0.6 is 11.3 Å². The number of aromatic nitrogens is 3. The molecule has 1 atom stereocenters. The summed E-state index contributed by atoms with van der Waals surface area (Å²) in [5.41, 5.74) is 0.373. The van der Waals surface area contributed by atoms with Gasteiger partial charge in [-0.3, -0.25) is 9.36 Å². The Morgan fingerprint density at radius 1 is 1.43 bits per heavy atom. The van der Waals surface area contributed by atoms with E-state index < -0.39 is 11.4 Å². The molecule has 0 saturated heterocycles. The SMILES string of the molecule is CNC1=CN(c2ccc3c(=O)c(C(=O)O)cn(-c4nccs4)c3n2)C[C@@H]1OC. The van der Waals surface area contributed by atoms with Crippen LogP contribution in [-0.4, -0.2) is 52.4 Å². The van der Waals surface area contributed by atoms with Crippen molar-refractivity contribution in [2.75, 3.05) is 25.6 Å². The van der Waals surface area contributed by atoms with Gasteiger partial charge < -0.3 is 20.1 Å². The van der Waals surface area contributed by atoms with Crippen LogP contribution in [0, 0.1) is 0 Å². The van der Waals surface area contributed by atoms with Crippen molar-refractivity contribution in [1.82, 2.24) is 19.9 Å². The van der Waals surface area contributed by atoms with Crippen LogP contribution in [0.3, 0.4) is 0 Å². The van der Waals surface area contributed by atoms with Crippen LogP contribution < -0.4 is 15.6 Å². The number of fused-ring (bicyclic) bond motifs is 1. The Morgan fingerprint density at radius 3 is 2.86 bits per heavy atom. The topological polar surface area (TPSA) is 110 Å². The number of ether oxygens (including phenoxy) is 1. The minimum atomic E-state index is -1.29. The molecular formula is C18H17N5O4S. The van der Waals surface area contributed by atoms with Crippen molar-refractivity contribution in [3.63, 3.8) is 0 Å². The number of rotatable bonds is 5. The monoisotopic (exact) mass is 399 g/mol. The number of nitrogens with zero attached hydrogens (tertiary/aromatic N) is 4. The Kier molecular flexibility index (Phi) is 4.57. The number of methoxy groups -OCH3 is 1. The highest BCUT2D eigenvalue weighted by Gasteiger charge is 2.26. The molecule has 0 radical (unpaired) electrons. The third-order valence-corrected chi connectivity index (χ3v) is 5.33. The molecule has 0 spiro atoms. The van der Waals surface area contributed by atoms with E-state index >= 15 is 0 Å². The lowest BCUT2D eigenvalue weighted by molar-refractivity contribution is 0.0695. The van der Waals surface area contributed by atoms with Crippen molar-refractivity contribution in [3.8, 4) is 5.13 Å². The second-order valence-electron chi connectivity index (χ2n) is 6.11. The van der Waals surface area contributed by atoms with E-state index in [4.69, 9.17) is 4.74 Å². The molecule has 1 aliphatic rings. The number of carbonyl (C=O) groups is 1. The van der Waals surface area contributed by atoms with Crippen molar-refractivity contribution in [2.24, 2.45) is 0 Å². The zero-order valence-electron chi connectivity index (χ0n) is 15.1. The van der Waals surface area contributed by atoms with E-state index in [1.165, 1.54) is 17.5 Å². The first-order valence-electron chi connectivity index (χ1n) is 8.42. The zero-order valence-corrected chi connectivity index (χ0v) is 15.9. The maximum absolute atomic E-state index is 12.6. The predicted octanol–water partition coefficient (Wildman–Crippen LogP) is 1.44. The van der Waals surface area contributed by atoms with Crippen molar-refractivity contribution in [2.45, 2.75) is 6.10 Å². The highest BCUT2D eigenvalue weighted by Crippen LogP contribution is 2.25. The molecule has 144 valence electrons. The molecule has 0 fully saturated rings. The summed E-state index contributed by atoms with van der Waals surface area (Å²) in [6.45, 7) is 0.569. The molecule has 0 aliphatic carbocycles. The van der Waals surface area contributed by atoms with Crippen LogP contribution in [0.2, 0.25) is 0 Å². The summed E-state index contributed by atoms with van der Waals surface area (Å²) < 4.78 is 7.01. The van der Waals surface area contributed by atoms with Crippen LogP contribution in [0.4, 0.5) is 5.82 Å². The minimum absolute atomic E-state index is 0.113. The summed E-state index contributed by atoms with van der Waals surface area (Å²) in [4.78, 5) is 34.9. The van der Waals surface area contributed by atoms with Gasteiger partial charge in [0.15, 0.2) is 10.8 Å². The van der Waals surface area contributed by atoms with E-state index in [0.29, 0.717) is 23.1 Å². The fourth-order valence-electron chi connectivity index (χ4n) is 3.15. The summed E-state index contributed by atoms with van der Waals surface area (Å²) in [6.07, 6.45) is 4.68. The molecule has 0 bridgehead atoms. The molecule has 0 amide bonds. The third kappa shape index (κ3) is 2.92. The van der Waals surface area contributed by atoms with Gasteiger partial charge in [-0.25, -0.2) is 14.8 Å². The molecule has 3 aromatic rings. The van der Waals surface area contributed by atoms with Gasteiger partial charge in [-0.05, 0) is 12.1 Å². The van der Waals surface area contributed by atoms with Gasteiger partial charge in [0.05, 0.1) is 17.6 Å². The van der Waals surface area contributed by atoms with Gasteiger partial charge in [0, 0.05) is 38.1 Å². The number of pyridine rings is 2. The number of anilines is 1. The van der Waals surface area contributed by atoms with E-state index in [-0.39, 0.29) is 17.1 Å². The molecule has 28 heavy (non-hydrogen) atoms. The van der Waals surface area contributed by atoms with E-state index in [1.54, 1.807) is 35.4 Å². The van der Waals surface area contributed by atoms with Gasteiger partial charge in [0.2, 0.25) is 5.43 Å². The number of hydrogen-bond donors (Lipinski definition) is 2. The fourth-order valence-corrected chi connectivity index (χ4v) is 3.77. The second-order valence-corrected chi connectivity index (χ2v) is 6.99. The van der Waals surface area contributed by atoms with Crippen LogP contribution in [0.5, 0.6) is 0 Å². The van der Waals surface area contributed by atoms with Crippen LogP contribution in [0.15, 0.2) is 46.6 Å². The summed E-state index contributed by atoms with van der Waals surface area (Å²) in [5, 5.41) is 15.0. The van der Waals surface area contributed by atoms with Gasteiger partial charge in [-0.2, -0.15) is 0 Å². The second kappa shape index (κ2) is 7.06. The van der Waals surface area contributed by atoms with E-state index in [0.717, 1.165) is 5.70 Å². The quantitative estimate of drug-likeness (QED) is 0.663. The van der Waals surface area contributed by atoms with Crippen molar-refractivity contribution in [3.05, 3.63) is 57.6 Å². The first-order valence-corrected chi connectivity index (χ1v) is 9.30. The molecule has 0 unspecified atom stereocenters. The van der Waals surface area contributed by atoms with E-state index in [2.05, 4.69) is 15.3 Å². The summed E-state index contributed by atoms with van der Waals surface area (Å²) >= 11 is 1.32. The standard InChI is InChI=1S/C18H17N5O4S/c1-19-12-8-22(9-13(12)27-2)14-4-3-10-15(24)11(17(25)26)7-23(16(10)21-14)18-20-5-6-28-18/h3-8,13,19H,9H2,1-2H3,(H,25,26)/t13-/m0/s1. The van der Waals surface area contributed by atoms with E-state index in [1.807, 2.05) is 18.1 Å². The van der Waals surface area contributed by atoms with Gasteiger partial charge in [0.25, 0.3) is 0 Å². The summed E-state index contributed by atoms with van der Waals surface area (Å²) in [5.74, 6) is -0.669. The average molecular weight is 399 g/mol. The number of thiazole rings is 1. The Morgan fingerprint density at radius 2 is 2.25 bits per heavy atom. The van der Waals surface area contributed by atoms with Gasteiger partial charge in [-0.15, -0.1) is 11.3 Å². The Hall–Kier alpha value is -3.24. The molecule has 0 saturated carbocycles. The number of likely N-dealkylation sites (N-methyl/N-ethyl adjacent to an activating group) is 1. The van der Waals surface area contributed by atoms with Gasteiger partial charge >= 0.3 is 5.97 Å². The maximum atomic E-state index is 12.6. The fraction of sp³-hybridized carbons (Fsp3) is 0.222. The molecule has 4 rings (SSSR count). The van der Waals surface area contributed by atoms with Gasteiger partial charge in [-0.1, -0.05) is 0 Å². The van der Waals surface area contributed by atoms with Crippen molar-refractivity contribution in [1.29, 1.82) is 0 Å². The predicted molar refractivity (Wildman–Crippen MR) is 105 cm³/mol. The lowest BCUT2D eigenvalue weighted by atomic mass is 10.2. The van der Waals surface area contributed by atoms with E-state index in [9.17, 15) is 14.7 Å². The summed E-state index contributed by atoms with van der Waals surface area (Å²) in [6, 6.07) is 3.30. The molecular weight excluding hydrogens is 382 g/mol. The first-order chi connectivity index (χ1) is 13.5. The largest absolute Gasteiger partial charge is 0.477 e. The number of carboxylic acids is 1. The normalized spacial score (nSPS) is 16.4. The lowest BCUT2D eigenvalue weighted by Gasteiger charge is -2.18. The molecule has 3 aromatic heterocycles.